The van der Waals surface area contributed by atoms with Crippen molar-refractivity contribution >= 4 is 22.2 Å². The summed E-state index contributed by atoms with van der Waals surface area (Å²) in [7, 11) is 0. The van der Waals surface area contributed by atoms with E-state index in [9.17, 15) is 4.79 Å². The Kier molecular flexibility index (Phi) is 3.06. The van der Waals surface area contributed by atoms with Crippen molar-refractivity contribution < 1.29 is 4.79 Å². The lowest BCUT2D eigenvalue weighted by Crippen LogP contribution is -2.12. The average Bonchev–Trinajstić information content (AvgIpc) is 2.65. The third-order valence-corrected chi connectivity index (χ3v) is 3.41. The summed E-state index contributed by atoms with van der Waals surface area (Å²) in [6.45, 7) is 3.93. The van der Waals surface area contributed by atoms with E-state index in [1.165, 1.54) is 0 Å². The number of amides is 1. The number of carbonyl (C=O) groups is 1. The van der Waals surface area contributed by atoms with Gasteiger partial charge in [-0.05, 0) is 42.5 Å². The predicted octanol–water partition coefficient (Wildman–Crippen LogP) is 3.62. The lowest BCUT2D eigenvalue weighted by Gasteiger charge is -2.06. The van der Waals surface area contributed by atoms with E-state index >= 15 is 0 Å². The zero-order chi connectivity index (χ0) is 11.5. The molecule has 0 bridgehead atoms. The molecule has 0 aliphatic rings. The van der Waals surface area contributed by atoms with E-state index < -0.39 is 0 Å². The molecular weight excluding hydrogens is 218 g/mol. The third kappa shape index (κ3) is 2.14. The Morgan fingerprint density at radius 3 is 2.50 bits per heavy atom. The number of benzene rings is 1. The monoisotopic (exact) mass is 231 g/mol. The Morgan fingerprint density at radius 1 is 1.12 bits per heavy atom. The van der Waals surface area contributed by atoms with Gasteiger partial charge in [0.25, 0.3) is 5.91 Å². The van der Waals surface area contributed by atoms with E-state index in [2.05, 4.69) is 5.32 Å². The summed E-state index contributed by atoms with van der Waals surface area (Å²) in [5, 5.41) is 5.83. The lowest BCUT2D eigenvalue weighted by molar-refractivity contribution is 0.102. The van der Waals surface area contributed by atoms with Crippen LogP contribution in [0.1, 0.15) is 21.5 Å². The Morgan fingerprint density at radius 2 is 1.88 bits per heavy atom. The Balaban J connectivity index is 2.22. The van der Waals surface area contributed by atoms with Gasteiger partial charge in [-0.2, -0.15) is 0 Å². The minimum absolute atomic E-state index is 0.0383. The number of carbonyl (C=O) groups excluding carboxylic acids is 1. The van der Waals surface area contributed by atoms with Gasteiger partial charge in [0.1, 0.15) is 0 Å². The quantitative estimate of drug-likeness (QED) is 0.840. The summed E-state index contributed by atoms with van der Waals surface area (Å²) in [6.07, 6.45) is 0. The minimum Gasteiger partial charge on any atom is -0.313 e. The van der Waals surface area contributed by atoms with Gasteiger partial charge in [0.05, 0.1) is 5.00 Å². The molecule has 0 atom stereocenters. The molecule has 0 unspecified atom stereocenters. The maximum absolute atomic E-state index is 12.0. The molecule has 1 aromatic heterocycles. The Labute approximate surface area is 98.9 Å². The van der Waals surface area contributed by atoms with E-state index in [1.54, 1.807) is 11.3 Å². The standard InChI is InChI=1S/C13H13NOS/c1-9-5-3-4-6-11(9)12(15)14-13-10(2)7-8-16-13/h3-8H,1-2H3,(H,14,15). The first-order valence-corrected chi connectivity index (χ1v) is 5.97. The van der Waals surface area contributed by atoms with Crippen molar-refractivity contribution in [3.63, 3.8) is 0 Å². The van der Waals surface area contributed by atoms with Crippen LogP contribution in [-0.4, -0.2) is 5.91 Å². The zero-order valence-electron chi connectivity index (χ0n) is 9.28. The van der Waals surface area contributed by atoms with Crippen LogP contribution < -0.4 is 5.32 Å². The van der Waals surface area contributed by atoms with Gasteiger partial charge in [-0.3, -0.25) is 4.79 Å². The van der Waals surface area contributed by atoms with Crippen molar-refractivity contribution in [2.24, 2.45) is 0 Å². The number of hydrogen-bond donors (Lipinski definition) is 1. The number of anilines is 1. The fourth-order valence-electron chi connectivity index (χ4n) is 1.50. The first kappa shape index (κ1) is 10.9. The van der Waals surface area contributed by atoms with Crippen LogP contribution in [-0.2, 0) is 0 Å². The van der Waals surface area contributed by atoms with Crippen LogP contribution in [0, 0.1) is 13.8 Å². The Bertz CT molecular complexity index is 516. The van der Waals surface area contributed by atoms with E-state index in [1.807, 2.05) is 49.6 Å². The van der Waals surface area contributed by atoms with Crippen LogP contribution in [0.25, 0.3) is 0 Å². The number of rotatable bonds is 2. The van der Waals surface area contributed by atoms with Crippen molar-refractivity contribution in [3.05, 3.63) is 52.4 Å². The molecule has 1 amide bonds. The van der Waals surface area contributed by atoms with Gasteiger partial charge in [0.15, 0.2) is 0 Å². The largest absolute Gasteiger partial charge is 0.313 e. The Hall–Kier alpha value is -1.61. The zero-order valence-corrected chi connectivity index (χ0v) is 10.1. The number of hydrogen-bond acceptors (Lipinski definition) is 2. The van der Waals surface area contributed by atoms with Crippen molar-refractivity contribution in [2.75, 3.05) is 5.32 Å². The van der Waals surface area contributed by atoms with Crippen LogP contribution in [0.15, 0.2) is 35.7 Å². The summed E-state index contributed by atoms with van der Waals surface area (Å²) in [5.41, 5.74) is 2.83. The molecule has 0 fully saturated rings. The SMILES string of the molecule is Cc1ccccc1C(=O)Nc1sccc1C. The van der Waals surface area contributed by atoms with Gasteiger partial charge in [0, 0.05) is 5.56 Å². The van der Waals surface area contributed by atoms with Gasteiger partial charge < -0.3 is 5.32 Å². The number of thiophene rings is 1. The average molecular weight is 231 g/mol. The van der Waals surface area contributed by atoms with Crippen molar-refractivity contribution in [2.45, 2.75) is 13.8 Å². The summed E-state index contributed by atoms with van der Waals surface area (Å²) in [6, 6.07) is 9.59. The lowest BCUT2D eigenvalue weighted by atomic mass is 10.1. The molecule has 1 N–H and O–H groups in total. The molecule has 0 spiro atoms. The molecule has 0 saturated carbocycles. The van der Waals surface area contributed by atoms with Crippen LogP contribution in [0.2, 0.25) is 0 Å². The first-order chi connectivity index (χ1) is 7.68. The summed E-state index contributed by atoms with van der Waals surface area (Å²) < 4.78 is 0. The van der Waals surface area contributed by atoms with Gasteiger partial charge in [0.2, 0.25) is 0 Å². The number of aryl methyl sites for hydroxylation is 2. The highest BCUT2D eigenvalue weighted by atomic mass is 32.1. The minimum atomic E-state index is -0.0383. The van der Waals surface area contributed by atoms with E-state index in [4.69, 9.17) is 0 Å². The molecule has 0 radical (unpaired) electrons. The molecule has 16 heavy (non-hydrogen) atoms. The first-order valence-electron chi connectivity index (χ1n) is 5.09. The summed E-state index contributed by atoms with van der Waals surface area (Å²) in [4.78, 5) is 12.0. The molecule has 3 heteroatoms. The van der Waals surface area contributed by atoms with Crippen molar-refractivity contribution in [1.29, 1.82) is 0 Å². The number of nitrogens with one attached hydrogen (secondary N) is 1. The van der Waals surface area contributed by atoms with Crippen molar-refractivity contribution in [1.82, 2.24) is 0 Å². The van der Waals surface area contributed by atoms with E-state index in [0.29, 0.717) is 0 Å². The van der Waals surface area contributed by atoms with Gasteiger partial charge in [-0.15, -0.1) is 11.3 Å². The molecule has 0 aliphatic heterocycles. The molecule has 1 aromatic carbocycles. The van der Waals surface area contributed by atoms with Crippen LogP contribution in [0.3, 0.4) is 0 Å². The topological polar surface area (TPSA) is 29.1 Å². The molecular formula is C13H13NOS. The molecule has 82 valence electrons. The van der Waals surface area contributed by atoms with Gasteiger partial charge in [-0.1, -0.05) is 18.2 Å². The maximum Gasteiger partial charge on any atom is 0.256 e. The maximum atomic E-state index is 12.0. The highest BCUT2D eigenvalue weighted by Gasteiger charge is 2.09. The van der Waals surface area contributed by atoms with E-state index in [-0.39, 0.29) is 5.91 Å². The van der Waals surface area contributed by atoms with Crippen LogP contribution in [0.5, 0.6) is 0 Å². The smallest absolute Gasteiger partial charge is 0.256 e. The normalized spacial score (nSPS) is 10.1. The molecule has 2 rings (SSSR count). The fourth-order valence-corrected chi connectivity index (χ4v) is 2.31. The highest BCUT2D eigenvalue weighted by Crippen LogP contribution is 2.22. The van der Waals surface area contributed by atoms with E-state index in [0.717, 1.165) is 21.7 Å². The molecule has 2 nitrogen and oxygen atoms in total. The fraction of sp³-hybridized carbons (Fsp3) is 0.154. The third-order valence-electron chi connectivity index (χ3n) is 2.48. The molecule has 0 aliphatic carbocycles. The van der Waals surface area contributed by atoms with Crippen molar-refractivity contribution in [3.8, 4) is 0 Å². The van der Waals surface area contributed by atoms with Crippen LogP contribution >= 0.6 is 11.3 Å². The second kappa shape index (κ2) is 4.49. The highest BCUT2D eigenvalue weighted by molar-refractivity contribution is 7.14. The van der Waals surface area contributed by atoms with Crippen LogP contribution in [0.4, 0.5) is 5.00 Å². The van der Waals surface area contributed by atoms with Gasteiger partial charge in [-0.25, -0.2) is 0 Å². The van der Waals surface area contributed by atoms with Gasteiger partial charge >= 0.3 is 0 Å². The molecule has 0 saturated heterocycles. The molecule has 2 aromatic rings. The summed E-state index contributed by atoms with van der Waals surface area (Å²) in [5.74, 6) is -0.0383. The summed E-state index contributed by atoms with van der Waals surface area (Å²) >= 11 is 1.55. The second-order valence-electron chi connectivity index (χ2n) is 3.70. The molecule has 1 heterocycles. The second-order valence-corrected chi connectivity index (χ2v) is 4.62. The predicted molar refractivity (Wildman–Crippen MR) is 68.2 cm³/mol.